The molecule has 21 heavy (non-hydrogen) atoms. The summed E-state index contributed by atoms with van der Waals surface area (Å²) in [5.74, 6) is -1.09. The number of aromatic hydroxyl groups is 1. The van der Waals surface area contributed by atoms with Gasteiger partial charge in [-0.25, -0.2) is 4.39 Å². The van der Waals surface area contributed by atoms with E-state index in [4.69, 9.17) is 18.0 Å². The Bertz CT molecular complexity index is 732. The predicted molar refractivity (Wildman–Crippen MR) is 83.1 cm³/mol. The van der Waals surface area contributed by atoms with Crippen LogP contribution in [0.25, 0.3) is 0 Å². The van der Waals surface area contributed by atoms with E-state index in [1.807, 2.05) is 0 Å². The number of aryl methyl sites for hydroxylation is 1. The number of phenols is 1. The van der Waals surface area contributed by atoms with Gasteiger partial charge < -0.3 is 16.2 Å². The number of thiocarbonyl (C=S) groups is 1. The number of nitrogens with one attached hydrogen (secondary N) is 1. The van der Waals surface area contributed by atoms with Gasteiger partial charge in [-0.2, -0.15) is 0 Å². The van der Waals surface area contributed by atoms with Crippen molar-refractivity contribution in [1.82, 2.24) is 0 Å². The van der Waals surface area contributed by atoms with Gasteiger partial charge >= 0.3 is 0 Å². The van der Waals surface area contributed by atoms with E-state index in [0.29, 0.717) is 5.56 Å². The molecule has 6 heteroatoms. The van der Waals surface area contributed by atoms with Gasteiger partial charge in [0.2, 0.25) is 0 Å². The smallest absolute Gasteiger partial charge is 0.255 e. The highest BCUT2D eigenvalue weighted by molar-refractivity contribution is 7.80. The summed E-state index contributed by atoms with van der Waals surface area (Å²) in [5.41, 5.74) is 6.55. The molecule has 0 saturated heterocycles. The third-order valence-corrected chi connectivity index (χ3v) is 3.18. The molecule has 0 aromatic heterocycles. The standard InChI is InChI=1S/C15H13FN2O2S/c1-8-5-6-9(7-12(8)19)15(20)18-11-4-2-3-10(16)13(11)14(17)21/h2-7,19H,1H3,(H2,17,21)(H,18,20). The summed E-state index contributed by atoms with van der Waals surface area (Å²) in [6.07, 6.45) is 0. The zero-order valence-corrected chi connectivity index (χ0v) is 12.0. The van der Waals surface area contributed by atoms with Crippen molar-refractivity contribution in [1.29, 1.82) is 0 Å². The average molecular weight is 304 g/mol. The lowest BCUT2D eigenvalue weighted by Crippen LogP contribution is -2.19. The van der Waals surface area contributed by atoms with Gasteiger partial charge in [-0.15, -0.1) is 0 Å². The Hall–Kier alpha value is -2.47. The minimum absolute atomic E-state index is 0.0106. The first kappa shape index (κ1) is 14.9. The topological polar surface area (TPSA) is 75.4 Å². The normalized spacial score (nSPS) is 10.2. The summed E-state index contributed by atoms with van der Waals surface area (Å²) >= 11 is 4.79. The van der Waals surface area contributed by atoms with Gasteiger partial charge in [-0.3, -0.25) is 4.79 Å². The number of amides is 1. The van der Waals surface area contributed by atoms with Crippen LogP contribution in [0.3, 0.4) is 0 Å². The highest BCUT2D eigenvalue weighted by Crippen LogP contribution is 2.22. The second-order valence-corrected chi connectivity index (χ2v) is 4.92. The van der Waals surface area contributed by atoms with Crippen LogP contribution in [0.4, 0.5) is 10.1 Å². The summed E-state index contributed by atoms with van der Waals surface area (Å²) in [6, 6.07) is 8.67. The first-order chi connectivity index (χ1) is 9.90. The number of hydrogen-bond acceptors (Lipinski definition) is 3. The number of phenolic OH excluding ortho intramolecular Hbond substituents is 1. The van der Waals surface area contributed by atoms with E-state index in [2.05, 4.69) is 5.32 Å². The Morgan fingerprint density at radius 1 is 1.33 bits per heavy atom. The lowest BCUT2D eigenvalue weighted by atomic mass is 10.1. The van der Waals surface area contributed by atoms with E-state index in [0.717, 1.165) is 0 Å². The molecule has 0 aliphatic heterocycles. The molecule has 0 unspecified atom stereocenters. The highest BCUT2D eigenvalue weighted by atomic mass is 32.1. The molecule has 2 aromatic rings. The lowest BCUT2D eigenvalue weighted by molar-refractivity contribution is 0.102. The zero-order chi connectivity index (χ0) is 15.6. The van der Waals surface area contributed by atoms with Gasteiger partial charge in [0, 0.05) is 5.56 Å². The zero-order valence-electron chi connectivity index (χ0n) is 11.2. The minimum Gasteiger partial charge on any atom is -0.508 e. The van der Waals surface area contributed by atoms with E-state index in [1.54, 1.807) is 19.1 Å². The van der Waals surface area contributed by atoms with Gasteiger partial charge in [0.15, 0.2) is 0 Å². The van der Waals surface area contributed by atoms with Gasteiger partial charge in [0.1, 0.15) is 16.6 Å². The molecule has 0 atom stereocenters. The van der Waals surface area contributed by atoms with Gasteiger partial charge in [0.25, 0.3) is 5.91 Å². The molecule has 0 aliphatic rings. The van der Waals surface area contributed by atoms with Crippen molar-refractivity contribution in [2.24, 2.45) is 5.73 Å². The molecule has 2 rings (SSSR count). The number of nitrogens with two attached hydrogens (primary N) is 1. The molecule has 4 nitrogen and oxygen atoms in total. The quantitative estimate of drug-likeness (QED) is 0.762. The molecule has 4 N–H and O–H groups in total. The predicted octanol–water partition coefficient (Wildman–Crippen LogP) is 2.73. The number of hydrogen-bond donors (Lipinski definition) is 3. The number of carbonyl (C=O) groups is 1. The number of carbonyl (C=O) groups excluding carboxylic acids is 1. The van der Waals surface area contributed by atoms with E-state index in [-0.39, 0.29) is 27.6 Å². The van der Waals surface area contributed by atoms with Gasteiger partial charge in [-0.1, -0.05) is 24.4 Å². The Labute approximate surface area is 126 Å². The van der Waals surface area contributed by atoms with Gasteiger partial charge in [0.05, 0.1) is 11.3 Å². The van der Waals surface area contributed by atoms with Crippen LogP contribution in [0.15, 0.2) is 36.4 Å². The highest BCUT2D eigenvalue weighted by Gasteiger charge is 2.15. The fraction of sp³-hybridized carbons (Fsp3) is 0.0667. The number of halogens is 1. The van der Waals surface area contributed by atoms with Crippen LogP contribution in [-0.2, 0) is 0 Å². The molecule has 0 heterocycles. The molecule has 0 saturated carbocycles. The monoisotopic (exact) mass is 304 g/mol. The van der Waals surface area contributed by atoms with Crippen molar-refractivity contribution in [3.05, 3.63) is 58.9 Å². The second kappa shape index (κ2) is 5.88. The van der Waals surface area contributed by atoms with Crippen molar-refractivity contribution in [2.75, 3.05) is 5.32 Å². The van der Waals surface area contributed by atoms with Crippen LogP contribution < -0.4 is 11.1 Å². The molecule has 0 radical (unpaired) electrons. The number of benzene rings is 2. The molecule has 2 aromatic carbocycles. The van der Waals surface area contributed by atoms with Crippen LogP contribution in [0, 0.1) is 12.7 Å². The second-order valence-electron chi connectivity index (χ2n) is 4.48. The summed E-state index contributed by atoms with van der Waals surface area (Å²) in [6.45, 7) is 1.72. The third-order valence-electron chi connectivity index (χ3n) is 2.98. The largest absolute Gasteiger partial charge is 0.508 e. The summed E-state index contributed by atoms with van der Waals surface area (Å²) in [7, 11) is 0. The number of rotatable bonds is 3. The summed E-state index contributed by atoms with van der Waals surface area (Å²) in [5, 5.41) is 12.2. The summed E-state index contributed by atoms with van der Waals surface area (Å²) < 4.78 is 13.7. The van der Waals surface area contributed by atoms with Gasteiger partial charge in [-0.05, 0) is 36.8 Å². The van der Waals surface area contributed by atoms with Crippen molar-refractivity contribution >= 4 is 28.8 Å². The molecule has 0 aliphatic carbocycles. The summed E-state index contributed by atoms with van der Waals surface area (Å²) in [4.78, 5) is 12.0. The van der Waals surface area contributed by atoms with Crippen molar-refractivity contribution < 1.29 is 14.3 Å². The SMILES string of the molecule is Cc1ccc(C(=O)Nc2cccc(F)c2C(N)=S)cc1O. The molecule has 0 spiro atoms. The van der Waals surface area contributed by atoms with E-state index < -0.39 is 11.7 Å². The fourth-order valence-electron chi connectivity index (χ4n) is 1.82. The molecule has 0 fully saturated rings. The van der Waals surface area contributed by atoms with Crippen molar-refractivity contribution in [3.63, 3.8) is 0 Å². The maximum Gasteiger partial charge on any atom is 0.255 e. The molecule has 108 valence electrons. The fourth-order valence-corrected chi connectivity index (χ4v) is 2.03. The van der Waals surface area contributed by atoms with Crippen LogP contribution in [0.5, 0.6) is 5.75 Å². The number of anilines is 1. The maximum absolute atomic E-state index is 13.7. The molecular weight excluding hydrogens is 291 g/mol. The lowest BCUT2D eigenvalue weighted by Gasteiger charge is -2.11. The van der Waals surface area contributed by atoms with Crippen LogP contribution in [0.1, 0.15) is 21.5 Å². The van der Waals surface area contributed by atoms with Crippen molar-refractivity contribution in [2.45, 2.75) is 6.92 Å². The third kappa shape index (κ3) is 3.17. The Balaban J connectivity index is 2.34. The van der Waals surface area contributed by atoms with Crippen LogP contribution in [0.2, 0.25) is 0 Å². The molecule has 0 bridgehead atoms. The first-order valence-electron chi connectivity index (χ1n) is 6.09. The Morgan fingerprint density at radius 3 is 2.67 bits per heavy atom. The Kier molecular flexibility index (Phi) is 4.18. The Morgan fingerprint density at radius 2 is 2.05 bits per heavy atom. The van der Waals surface area contributed by atoms with Crippen molar-refractivity contribution in [3.8, 4) is 5.75 Å². The van der Waals surface area contributed by atoms with Crippen LogP contribution >= 0.6 is 12.2 Å². The first-order valence-corrected chi connectivity index (χ1v) is 6.50. The molecule has 1 amide bonds. The average Bonchev–Trinajstić information content (AvgIpc) is 2.41. The van der Waals surface area contributed by atoms with E-state index >= 15 is 0 Å². The van der Waals surface area contributed by atoms with Crippen LogP contribution in [-0.4, -0.2) is 16.0 Å². The van der Waals surface area contributed by atoms with E-state index in [1.165, 1.54) is 24.3 Å². The molecular formula is C15H13FN2O2S. The minimum atomic E-state index is -0.605. The maximum atomic E-state index is 13.7. The van der Waals surface area contributed by atoms with E-state index in [9.17, 15) is 14.3 Å².